The van der Waals surface area contributed by atoms with Crippen molar-refractivity contribution in [3.05, 3.63) is 28.5 Å². The van der Waals surface area contributed by atoms with Crippen LogP contribution >= 0.6 is 11.5 Å². The van der Waals surface area contributed by atoms with E-state index in [1.165, 1.54) is 11.5 Å². The molecule has 0 saturated heterocycles. The molecule has 2 rings (SSSR count). The van der Waals surface area contributed by atoms with Crippen molar-refractivity contribution in [3.63, 3.8) is 0 Å². The van der Waals surface area contributed by atoms with Crippen molar-refractivity contribution in [2.24, 2.45) is 5.84 Å². The van der Waals surface area contributed by atoms with Crippen LogP contribution in [0.2, 0.25) is 0 Å². The van der Waals surface area contributed by atoms with Crippen molar-refractivity contribution in [1.82, 2.24) is 24.8 Å². The fourth-order valence-electron chi connectivity index (χ4n) is 2.08. The topological polar surface area (TPSA) is 81.7 Å². The molecule has 0 amide bonds. The van der Waals surface area contributed by atoms with Crippen molar-refractivity contribution in [3.8, 4) is 0 Å². The number of rotatable bonds is 7. The largest absolute Gasteiger partial charge is 0.271 e. The smallest absolute Gasteiger partial charge is 0.0801 e. The molecule has 0 aliphatic carbocycles. The van der Waals surface area contributed by atoms with Crippen molar-refractivity contribution in [1.29, 1.82) is 0 Å². The molecule has 0 aliphatic rings. The van der Waals surface area contributed by atoms with Crippen LogP contribution in [0.15, 0.2) is 12.3 Å². The number of nitrogens with one attached hydrogen (secondary N) is 1. The first-order chi connectivity index (χ1) is 9.69. The Morgan fingerprint density at radius 2 is 2.25 bits per heavy atom. The van der Waals surface area contributed by atoms with Gasteiger partial charge < -0.3 is 0 Å². The first-order valence-electron chi connectivity index (χ1n) is 7.00. The van der Waals surface area contributed by atoms with E-state index in [0.29, 0.717) is 6.04 Å². The van der Waals surface area contributed by atoms with Crippen LogP contribution in [0.1, 0.15) is 55.5 Å². The Morgan fingerprint density at radius 1 is 1.45 bits per heavy atom. The van der Waals surface area contributed by atoms with E-state index in [1.807, 2.05) is 10.9 Å². The molecule has 110 valence electrons. The number of aromatic nitrogens is 4. The monoisotopic (exact) mass is 294 g/mol. The van der Waals surface area contributed by atoms with E-state index in [2.05, 4.69) is 46.9 Å². The van der Waals surface area contributed by atoms with E-state index < -0.39 is 0 Å². The van der Waals surface area contributed by atoms with Crippen molar-refractivity contribution >= 4 is 11.5 Å². The second kappa shape index (κ2) is 6.92. The maximum absolute atomic E-state index is 5.69. The highest BCUT2D eigenvalue weighted by Crippen LogP contribution is 2.23. The maximum Gasteiger partial charge on any atom is 0.0801 e. The van der Waals surface area contributed by atoms with Gasteiger partial charge in [0, 0.05) is 18.7 Å². The number of nitrogens with zero attached hydrogens (tertiary/aromatic N) is 4. The van der Waals surface area contributed by atoms with Gasteiger partial charge in [-0.25, -0.2) is 0 Å². The van der Waals surface area contributed by atoms with E-state index in [0.717, 1.165) is 35.5 Å². The van der Waals surface area contributed by atoms with Crippen molar-refractivity contribution in [2.45, 2.75) is 52.1 Å². The first kappa shape index (κ1) is 15.1. The molecule has 7 heteroatoms. The van der Waals surface area contributed by atoms with Gasteiger partial charge >= 0.3 is 0 Å². The third-order valence-corrected chi connectivity index (χ3v) is 4.44. The summed E-state index contributed by atoms with van der Waals surface area (Å²) in [7, 11) is 0. The van der Waals surface area contributed by atoms with Crippen LogP contribution in [0.4, 0.5) is 0 Å². The van der Waals surface area contributed by atoms with Gasteiger partial charge in [-0.3, -0.25) is 16.0 Å². The number of hydrazine groups is 1. The summed E-state index contributed by atoms with van der Waals surface area (Å²) in [4.78, 5) is 1.10. The molecule has 0 bridgehead atoms. The molecule has 0 fully saturated rings. The van der Waals surface area contributed by atoms with Crippen LogP contribution in [0.25, 0.3) is 0 Å². The fraction of sp³-hybridized carbons (Fsp3) is 0.615. The van der Waals surface area contributed by atoms with Gasteiger partial charge in [-0.05, 0) is 37.4 Å². The average Bonchev–Trinajstić information content (AvgIpc) is 3.12. The average molecular weight is 294 g/mol. The zero-order chi connectivity index (χ0) is 14.5. The number of hydrogen-bond acceptors (Lipinski definition) is 6. The predicted octanol–water partition coefficient (Wildman–Crippen LogP) is 2.02. The maximum atomic E-state index is 5.69. The standard InChI is InChI=1S/C13H22N6S/c1-4-9(3)19-7-6-10(17-19)8-12(15-14)13-11(5-2)16-18-20-13/h6-7,9,12,15H,4-5,8,14H2,1-3H3. The van der Waals surface area contributed by atoms with Crippen molar-refractivity contribution < 1.29 is 0 Å². The number of nitrogens with two attached hydrogens (primary N) is 1. The summed E-state index contributed by atoms with van der Waals surface area (Å²) < 4.78 is 6.03. The predicted molar refractivity (Wildman–Crippen MR) is 80.3 cm³/mol. The molecule has 0 spiro atoms. The molecule has 2 atom stereocenters. The number of aryl methyl sites for hydroxylation is 1. The van der Waals surface area contributed by atoms with Gasteiger partial charge in [0.15, 0.2) is 0 Å². The lowest BCUT2D eigenvalue weighted by Gasteiger charge is -2.13. The Morgan fingerprint density at radius 3 is 2.90 bits per heavy atom. The summed E-state index contributed by atoms with van der Waals surface area (Å²) >= 11 is 1.41. The molecule has 2 unspecified atom stereocenters. The molecule has 2 aromatic heterocycles. The summed E-state index contributed by atoms with van der Waals surface area (Å²) in [6.07, 6.45) is 4.71. The van der Waals surface area contributed by atoms with E-state index in [1.54, 1.807) is 0 Å². The SMILES string of the molecule is CCc1nnsc1C(Cc1ccn(C(C)CC)n1)NN. The summed E-state index contributed by atoms with van der Waals surface area (Å²) in [5.41, 5.74) is 4.91. The minimum atomic E-state index is 0.0187. The summed E-state index contributed by atoms with van der Waals surface area (Å²) in [5.74, 6) is 5.69. The molecule has 0 radical (unpaired) electrons. The molecular formula is C13H22N6S. The normalized spacial score (nSPS) is 14.4. The summed E-state index contributed by atoms with van der Waals surface area (Å²) in [6, 6.07) is 2.49. The van der Waals surface area contributed by atoms with Gasteiger partial charge in [0.25, 0.3) is 0 Å². The van der Waals surface area contributed by atoms with E-state index in [9.17, 15) is 0 Å². The molecule has 0 aromatic carbocycles. The van der Waals surface area contributed by atoms with Crippen LogP contribution in [0, 0.1) is 0 Å². The minimum absolute atomic E-state index is 0.0187. The second-order valence-electron chi connectivity index (χ2n) is 4.91. The van der Waals surface area contributed by atoms with Gasteiger partial charge in [-0.15, -0.1) is 5.10 Å². The Labute approximate surface area is 123 Å². The quantitative estimate of drug-likeness (QED) is 0.603. The molecule has 2 aromatic rings. The van der Waals surface area contributed by atoms with E-state index >= 15 is 0 Å². The third kappa shape index (κ3) is 3.23. The summed E-state index contributed by atoms with van der Waals surface area (Å²) in [6.45, 7) is 6.40. The van der Waals surface area contributed by atoms with Gasteiger partial charge in [-0.2, -0.15) is 5.10 Å². The van der Waals surface area contributed by atoms with Gasteiger partial charge in [0.05, 0.1) is 22.3 Å². The molecule has 0 aliphatic heterocycles. The first-order valence-corrected chi connectivity index (χ1v) is 7.78. The van der Waals surface area contributed by atoms with Gasteiger partial charge in [0.2, 0.25) is 0 Å². The van der Waals surface area contributed by atoms with Crippen LogP contribution in [-0.2, 0) is 12.8 Å². The molecule has 0 saturated carbocycles. The Hall–Kier alpha value is -1.31. The van der Waals surface area contributed by atoms with Crippen LogP contribution in [0.3, 0.4) is 0 Å². The van der Waals surface area contributed by atoms with Crippen molar-refractivity contribution in [2.75, 3.05) is 0 Å². The lowest BCUT2D eigenvalue weighted by atomic mass is 10.1. The lowest BCUT2D eigenvalue weighted by molar-refractivity contribution is 0.467. The highest BCUT2D eigenvalue weighted by atomic mass is 32.1. The zero-order valence-corrected chi connectivity index (χ0v) is 13.0. The zero-order valence-electron chi connectivity index (χ0n) is 12.2. The minimum Gasteiger partial charge on any atom is -0.271 e. The Kier molecular flexibility index (Phi) is 5.22. The third-order valence-electron chi connectivity index (χ3n) is 3.56. The highest BCUT2D eigenvalue weighted by Gasteiger charge is 2.19. The van der Waals surface area contributed by atoms with Crippen LogP contribution < -0.4 is 11.3 Å². The van der Waals surface area contributed by atoms with Crippen LogP contribution in [0.5, 0.6) is 0 Å². The second-order valence-corrected chi connectivity index (χ2v) is 5.69. The Bertz CT molecular complexity index is 534. The molecular weight excluding hydrogens is 272 g/mol. The summed E-state index contributed by atoms with van der Waals surface area (Å²) in [5, 5.41) is 8.76. The molecule has 2 heterocycles. The lowest BCUT2D eigenvalue weighted by Crippen LogP contribution is -2.29. The van der Waals surface area contributed by atoms with Gasteiger partial charge in [-0.1, -0.05) is 18.3 Å². The fourth-order valence-corrected chi connectivity index (χ4v) is 2.88. The molecule has 3 N–H and O–H groups in total. The van der Waals surface area contributed by atoms with E-state index in [-0.39, 0.29) is 6.04 Å². The molecule has 6 nitrogen and oxygen atoms in total. The van der Waals surface area contributed by atoms with Crippen LogP contribution in [-0.4, -0.2) is 19.4 Å². The van der Waals surface area contributed by atoms with Gasteiger partial charge in [0.1, 0.15) is 0 Å². The Balaban J connectivity index is 2.12. The number of hydrogen-bond donors (Lipinski definition) is 2. The highest BCUT2D eigenvalue weighted by molar-refractivity contribution is 7.05. The van der Waals surface area contributed by atoms with E-state index in [4.69, 9.17) is 5.84 Å². The molecule has 20 heavy (non-hydrogen) atoms.